The first-order valence-corrected chi connectivity index (χ1v) is 6.95. The van der Waals surface area contributed by atoms with Gasteiger partial charge in [-0.3, -0.25) is 9.69 Å². The van der Waals surface area contributed by atoms with E-state index in [0.717, 1.165) is 11.3 Å². The number of carbonyl (C=O) groups excluding carboxylic acids is 1. The molecule has 1 aromatic heterocycles. The Kier molecular flexibility index (Phi) is 3.16. The molecule has 1 atom stereocenters. The number of amides is 1. The largest absolute Gasteiger partial charge is 0.496 e. The van der Waals surface area contributed by atoms with Crippen LogP contribution in [0.15, 0.2) is 48.7 Å². The number of β-lactam (4-membered cyclic amide) rings is 1. The van der Waals surface area contributed by atoms with Gasteiger partial charge in [0.1, 0.15) is 11.6 Å². The van der Waals surface area contributed by atoms with E-state index in [9.17, 15) is 4.79 Å². The van der Waals surface area contributed by atoms with Crippen LogP contribution < -0.4 is 9.64 Å². The van der Waals surface area contributed by atoms with Crippen molar-refractivity contribution in [3.63, 3.8) is 0 Å². The molecular formula is C17H18N2O2. The summed E-state index contributed by atoms with van der Waals surface area (Å²) in [6.45, 7) is 3.93. The van der Waals surface area contributed by atoms with Crippen LogP contribution in [0.5, 0.6) is 5.75 Å². The zero-order valence-corrected chi connectivity index (χ0v) is 12.4. The normalized spacial score (nSPS) is 20.0. The van der Waals surface area contributed by atoms with E-state index in [1.54, 1.807) is 18.2 Å². The fraction of sp³-hybridized carbons (Fsp3) is 0.294. The minimum atomic E-state index is -0.466. The summed E-state index contributed by atoms with van der Waals surface area (Å²) in [4.78, 5) is 18.6. The maximum atomic E-state index is 12.5. The van der Waals surface area contributed by atoms with Crippen LogP contribution >= 0.6 is 0 Å². The van der Waals surface area contributed by atoms with E-state index in [2.05, 4.69) is 4.98 Å². The number of anilines is 1. The number of carbonyl (C=O) groups is 1. The first kappa shape index (κ1) is 13.6. The number of hydrogen-bond acceptors (Lipinski definition) is 3. The Morgan fingerprint density at radius 3 is 2.52 bits per heavy atom. The van der Waals surface area contributed by atoms with Gasteiger partial charge in [-0.15, -0.1) is 0 Å². The molecule has 108 valence electrons. The van der Waals surface area contributed by atoms with E-state index in [-0.39, 0.29) is 11.9 Å². The van der Waals surface area contributed by atoms with Crippen LogP contribution in [0.1, 0.15) is 25.5 Å². The van der Waals surface area contributed by atoms with Gasteiger partial charge in [0.05, 0.1) is 18.6 Å². The predicted octanol–water partition coefficient (Wildman–Crippen LogP) is 3.20. The second kappa shape index (κ2) is 4.88. The predicted molar refractivity (Wildman–Crippen MR) is 81.2 cm³/mol. The lowest BCUT2D eigenvalue weighted by Gasteiger charge is -2.52. The third-order valence-corrected chi connectivity index (χ3v) is 4.04. The standard InChI is InChI=1S/C17H18N2O2/c1-17(2)15(12-8-4-5-9-13(12)21-3)19(16(17)20)14-10-6-7-11-18-14/h4-11,15H,1-3H3. The molecule has 0 radical (unpaired) electrons. The molecule has 2 aromatic rings. The molecule has 1 unspecified atom stereocenters. The number of rotatable bonds is 3. The van der Waals surface area contributed by atoms with Crippen LogP contribution in [0.2, 0.25) is 0 Å². The quantitative estimate of drug-likeness (QED) is 0.812. The molecule has 1 aromatic carbocycles. The molecule has 21 heavy (non-hydrogen) atoms. The number of pyridine rings is 1. The Morgan fingerprint density at radius 1 is 1.14 bits per heavy atom. The van der Waals surface area contributed by atoms with Crippen molar-refractivity contribution < 1.29 is 9.53 Å². The van der Waals surface area contributed by atoms with Crippen molar-refractivity contribution >= 4 is 11.7 Å². The van der Waals surface area contributed by atoms with Crippen molar-refractivity contribution in [2.75, 3.05) is 12.0 Å². The Balaban J connectivity index is 2.08. The maximum Gasteiger partial charge on any atom is 0.236 e. The van der Waals surface area contributed by atoms with Gasteiger partial charge in [0.15, 0.2) is 0 Å². The van der Waals surface area contributed by atoms with Crippen molar-refractivity contribution in [1.82, 2.24) is 4.98 Å². The van der Waals surface area contributed by atoms with Crippen LogP contribution in [0.4, 0.5) is 5.82 Å². The zero-order chi connectivity index (χ0) is 15.0. The highest BCUT2D eigenvalue weighted by atomic mass is 16.5. The van der Waals surface area contributed by atoms with Crippen LogP contribution in [-0.2, 0) is 4.79 Å². The molecule has 0 N–H and O–H groups in total. The first-order valence-electron chi connectivity index (χ1n) is 6.95. The van der Waals surface area contributed by atoms with Gasteiger partial charge in [-0.25, -0.2) is 4.98 Å². The lowest BCUT2D eigenvalue weighted by atomic mass is 9.70. The summed E-state index contributed by atoms with van der Waals surface area (Å²) in [5, 5.41) is 0. The number of hydrogen-bond donors (Lipinski definition) is 0. The van der Waals surface area contributed by atoms with E-state index < -0.39 is 5.41 Å². The van der Waals surface area contributed by atoms with E-state index in [1.807, 2.05) is 56.3 Å². The zero-order valence-electron chi connectivity index (χ0n) is 12.4. The minimum absolute atomic E-state index is 0.0731. The van der Waals surface area contributed by atoms with Crippen molar-refractivity contribution in [2.45, 2.75) is 19.9 Å². The first-order chi connectivity index (χ1) is 10.1. The second-order valence-corrected chi connectivity index (χ2v) is 5.73. The number of nitrogens with zero attached hydrogens (tertiary/aromatic N) is 2. The summed E-state index contributed by atoms with van der Waals surface area (Å²) in [5.74, 6) is 1.55. The van der Waals surface area contributed by atoms with E-state index >= 15 is 0 Å². The highest BCUT2D eigenvalue weighted by Gasteiger charge is 2.56. The summed E-state index contributed by atoms with van der Waals surface area (Å²) in [6, 6.07) is 13.3. The van der Waals surface area contributed by atoms with Crippen LogP contribution in [0, 0.1) is 5.41 Å². The summed E-state index contributed by atoms with van der Waals surface area (Å²) < 4.78 is 5.46. The highest BCUT2D eigenvalue weighted by molar-refractivity contribution is 6.05. The minimum Gasteiger partial charge on any atom is -0.496 e. The molecule has 4 heteroatoms. The van der Waals surface area contributed by atoms with Crippen molar-refractivity contribution in [1.29, 1.82) is 0 Å². The van der Waals surface area contributed by atoms with Crippen molar-refractivity contribution in [3.8, 4) is 5.75 Å². The SMILES string of the molecule is COc1ccccc1C1N(c2ccccn2)C(=O)C1(C)C. The molecule has 3 rings (SSSR count). The summed E-state index contributed by atoms with van der Waals surface area (Å²) in [7, 11) is 1.65. The van der Waals surface area contributed by atoms with E-state index in [4.69, 9.17) is 4.74 Å². The summed E-state index contributed by atoms with van der Waals surface area (Å²) in [6.07, 6.45) is 1.70. The summed E-state index contributed by atoms with van der Waals surface area (Å²) >= 11 is 0. The number of benzene rings is 1. The fourth-order valence-electron chi connectivity index (χ4n) is 2.95. The van der Waals surface area contributed by atoms with Crippen LogP contribution in [0.3, 0.4) is 0 Å². The topological polar surface area (TPSA) is 42.4 Å². The number of methoxy groups -OCH3 is 1. The number of aromatic nitrogens is 1. The Bertz CT molecular complexity index is 668. The summed E-state index contributed by atoms with van der Waals surface area (Å²) in [5.41, 5.74) is 0.543. The highest BCUT2D eigenvalue weighted by Crippen LogP contribution is 2.52. The van der Waals surface area contributed by atoms with Crippen LogP contribution in [0.25, 0.3) is 0 Å². The number of para-hydroxylation sites is 1. The van der Waals surface area contributed by atoms with Crippen molar-refractivity contribution in [3.05, 3.63) is 54.2 Å². The smallest absolute Gasteiger partial charge is 0.236 e. The molecule has 1 aliphatic heterocycles. The Labute approximate surface area is 124 Å². The second-order valence-electron chi connectivity index (χ2n) is 5.73. The average molecular weight is 282 g/mol. The molecule has 0 aliphatic carbocycles. The molecule has 1 saturated heterocycles. The Hall–Kier alpha value is -2.36. The van der Waals surface area contributed by atoms with Gasteiger partial charge in [-0.2, -0.15) is 0 Å². The van der Waals surface area contributed by atoms with Crippen molar-refractivity contribution in [2.24, 2.45) is 5.41 Å². The van der Waals surface area contributed by atoms with E-state index in [0.29, 0.717) is 5.82 Å². The van der Waals surface area contributed by atoms with Gasteiger partial charge >= 0.3 is 0 Å². The lowest BCUT2D eigenvalue weighted by Crippen LogP contribution is -2.61. The molecule has 0 saturated carbocycles. The third kappa shape index (κ3) is 1.98. The van der Waals surface area contributed by atoms with Gasteiger partial charge in [-0.1, -0.05) is 24.3 Å². The molecule has 1 aliphatic rings. The molecule has 2 heterocycles. The van der Waals surface area contributed by atoms with Crippen LogP contribution in [-0.4, -0.2) is 18.0 Å². The molecule has 1 fully saturated rings. The molecule has 0 bridgehead atoms. The van der Waals surface area contributed by atoms with Gasteiger partial charge in [0.25, 0.3) is 0 Å². The van der Waals surface area contributed by atoms with Gasteiger partial charge in [0.2, 0.25) is 5.91 Å². The van der Waals surface area contributed by atoms with E-state index in [1.165, 1.54) is 0 Å². The van der Waals surface area contributed by atoms with Gasteiger partial charge in [-0.05, 0) is 32.0 Å². The lowest BCUT2D eigenvalue weighted by molar-refractivity contribution is -0.137. The number of ether oxygens (including phenoxy) is 1. The average Bonchev–Trinajstić information content (AvgIpc) is 2.52. The molecule has 1 amide bonds. The molecule has 0 spiro atoms. The monoisotopic (exact) mass is 282 g/mol. The van der Waals surface area contributed by atoms with Gasteiger partial charge < -0.3 is 4.74 Å². The molecular weight excluding hydrogens is 264 g/mol. The van der Waals surface area contributed by atoms with Gasteiger partial charge in [0, 0.05) is 11.8 Å². The Morgan fingerprint density at radius 2 is 1.86 bits per heavy atom. The fourth-order valence-corrected chi connectivity index (χ4v) is 2.95. The maximum absolute atomic E-state index is 12.5. The third-order valence-electron chi connectivity index (χ3n) is 4.04. The molecule has 4 nitrogen and oxygen atoms in total.